The summed E-state index contributed by atoms with van der Waals surface area (Å²) in [4.78, 5) is 12.6. The summed E-state index contributed by atoms with van der Waals surface area (Å²) < 4.78 is 0. The number of rotatable bonds is 1. The van der Waals surface area contributed by atoms with Crippen LogP contribution in [0.25, 0.3) is 0 Å². The average molecular weight is 141 g/mol. The quantitative estimate of drug-likeness (QED) is 0.565. The summed E-state index contributed by atoms with van der Waals surface area (Å²) in [6, 6.07) is -0.154. The number of carbonyl (C=O) groups is 1. The molecule has 2 unspecified atom stereocenters. The van der Waals surface area contributed by atoms with Crippen molar-refractivity contribution in [2.75, 3.05) is 13.1 Å². The summed E-state index contributed by atoms with van der Waals surface area (Å²) >= 11 is 0. The minimum atomic E-state index is -0.637. The van der Waals surface area contributed by atoms with E-state index in [0.717, 1.165) is 19.5 Å². The molecule has 0 saturated carbocycles. The highest BCUT2D eigenvalue weighted by Gasteiger charge is 2.40. The number of fused-ring (bicyclic) bond motifs is 2. The lowest BCUT2D eigenvalue weighted by molar-refractivity contribution is -0.142. The third-order valence-electron chi connectivity index (χ3n) is 2.60. The molecule has 56 valence electrons. The molecule has 2 bridgehead atoms. The van der Waals surface area contributed by atoms with Gasteiger partial charge < -0.3 is 5.11 Å². The van der Waals surface area contributed by atoms with E-state index in [2.05, 4.69) is 4.90 Å². The number of carboxylic acids is 1. The van der Waals surface area contributed by atoms with Crippen molar-refractivity contribution in [3.8, 4) is 0 Å². The van der Waals surface area contributed by atoms with Crippen molar-refractivity contribution in [3.63, 3.8) is 0 Å². The van der Waals surface area contributed by atoms with Crippen molar-refractivity contribution < 1.29 is 9.90 Å². The van der Waals surface area contributed by atoms with Crippen LogP contribution in [0, 0.1) is 5.92 Å². The van der Waals surface area contributed by atoms with Gasteiger partial charge in [-0.05, 0) is 25.3 Å². The highest BCUT2D eigenvalue weighted by atomic mass is 16.4. The average Bonchev–Trinajstić information content (AvgIpc) is 2.44. The van der Waals surface area contributed by atoms with Crippen LogP contribution in [0.5, 0.6) is 0 Å². The molecule has 0 amide bonds. The van der Waals surface area contributed by atoms with E-state index < -0.39 is 5.97 Å². The molecule has 1 N–H and O–H groups in total. The molecule has 3 atom stereocenters. The monoisotopic (exact) mass is 141 g/mol. The third-order valence-corrected chi connectivity index (χ3v) is 2.60. The maximum absolute atomic E-state index is 10.5. The van der Waals surface area contributed by atoms with Crippen LogP contribution in [-0.2, 0) is 4.79 Å². The Labute approximate surface area is 59.6 Å². The van der Waals surface area contributed by atoms with E-state index in [1.165, 1.54) is 6.42 Å². The van der Waals surface area contributed by atoms with Crippen molar-refractivity contribution in [1.82, 2.24) is 4.90 Å². The Morgan fingerprint density at radius 2 is 2.40 bits per heavy atom. The van der Waals surface area contributed by atoms with E-state index in [9.17, 15) is 4.79 Å². The maximum Gasteiger partial charge on any atom is 0.320 e. The summed E-state index contributed by atoms with van der Waals surface area (Å²) in [7, 11) is 0. The van der Waals surface area contributed by atoms with Crippen LogP contribution < -0.4 is 0 Å². The fourth-order valence-corrected chi connectivity index (χ4v) is 2.06. The molecule has 0 radical (unpaired) electrons. The second-order valence-electron chi connectivity index (χ2n) is 3.24. The third kappa shape index (κ3) is 0.736. The van der Waals surface area contributed by atoms with Gasteiger partial charge in [-0.1, -0.05) is 0 Å². The SMILES string of the molecule is O=C(O)C1C[C@@H]2CCN1C2. The Bertz CT molecular complexity index is 169. The zero-order chi connectivity index (χ0) is 7.14. The van der Waals surface area contributed by atoms with E-state index in [-0.39, 0.29) is 6.04 Å². The lowest BCUT2D eigenvalue weighted by Gasteiger charge is -2.19. The fraction of sp³-hybridized carbons (Fsp3) is 0.857. The first kappa shape index (κ1) is 6.16. The van der Waals surface area contributed by atoms with Gasteiger partial charge in [-0.2, -0.15) is 0 Å². The molecule has 0 spiro atoms. The second kappa shape index (κ2) is 1.95. The summed E-state index contributed by atoms with van der Waals surface area (Å²) in [6.07, 6.45) is 2.10. The van der Waals surface area contributed by atoms with Crippen molar-refractivity contribution >= 4 is 5.97 Å². The van der Waals surface area contributed by atoms with Gasteiger partial charge in [0.15, 0.2) is 0 Å². The zero-order valence-electron chi connectivity index (χ0n) is 5.79. The summed E-state index contributed by atoms with van der Waals surface area (Å²) in [5.41, 5.74) is 0. The number of nitrogens with zero attached hydrogens (tertiary/aromatic N) is 1. The van der Waals surface area contributed by atoms with Crippen LogP contribution in [0.1, 0.15) is 12.8 Å². The van der Waals surface area contributed by atoms with Crippen LogP contribution in [0.15, 0.2) is 0 Å². The Hall–Kier alpha value is -0.570. The minimum Gasteiger partial charge on any atom is -0.480 e. The largest absolute Gasteiger partial charge is 0.480 e. The van der Waals surface area contributed by atoms with Crippen molar-refractivity contribution in [2.24, 2.45) is 5.92 Å². The molecule has 10 heavy (non-hydrogen) atoms. The van der Waals surface area contributed by atoms with Gasteiger partial charge in [0.2, 0.25) is 0 Å². The molecule has 0 aromatic carbocycles. The maximum atomic E-state index is 10.5. The molecule has 0 aliphatic carbocycles. The van der Waals surface area contributed by atoms with Gasteiger partial charge in [0.25, 0.3) is 0 Å². The van der Waals surface area contributed by atoms with Crippen LogP contribution >= 0.6 is 0 Å². The van der Waals surface area contributed by atoms with Gasteiger partial charge in [-0.15, -0.1) is 0 Å². The molecule has 0 aromatic rings. The molecular weight excluding hydrogens is 130 g/mol. The molecule has 2 saturated heterocycles. The van der Waals surface area contributed by atoms with E-state index in [1.807, 2.05) is 0 Å². The molecule has 3 heteroatoms. The van der Waals surface area contributed by atoms with Crippen LogP contribution in [0.4, 0.5) is 0 Å². The number of aliphatic carboxylic acids is 1. The predicted octanol–water partition coefficient (Wildman–Crippen LogP) is 0.165. The molecule has 2 fully saturated rings. The highest BCUT2D eigenvalue weighted by Crippen LogP contribution is 2.32. The van der Waals surface area contributed by atoms with Gasteiger partial charge >= 0.3 is 5.97 Å². The Kier molecular flexibility index (Phi) is 1.20. The van der Waals surface area contributed by atoms with Crippen LogP contribution in [0.2, 0.25) is 0 Å². The van der Waals surface area contributed by atoms with E-state index in [4.69, 9.17) is 5.11 Å². The van der Waals surface area contributed by atoms with E-state index in [1.54, 1.807) is 0 Å². The molecule has 2 aliphatic rings. The van der Waals surface area contributed by atoms with Gasteiger partial charge in [-0.3, -0.25) is 9.69 Å². The number of hydrogen-bond donors (Lipinski definition) is 1. The van der Waals surface area contributed by atoms with Crippen LogP contribution in [-0.4, -0.2) is 35.1 Å². The highest BCUT2D eigenvalue weighted by molar-refractivity contribution is 5.74. The first-order valence-electron chi connectivity index (χ1n) is 3.74. The molecular formula is C7H11NO2. The summed E-state index contributed by atoms with van der Waals surface area (Å²) in [5.74, 6) is 0.0447. The Morgan fingerprint density at radius 3 is 2.70 bits per heavy atom. The zero-order valence-corrected chi connectivity index (χ0v) is 5.79. The normalized spacial score (nSPS) is 44.2. The summed E-state index contributed by atoms with van der Waals surface area (Å²) in [6.45, 7) is 2.03. The Balaban J connectivity index is 2.08. The van der Waals surface area contributed by atoms with Crippen LogP contribution in [0.3, 0.4) is 0 Å². The lowest BCUT2D eigenvalue weighted by atomic mass is 10.0. The van der Waals surface area contributed by atoms with Gasteiger partial charge in [0, 0.05) is 6.54 Å². The van der Waals surface area contributed by atoms with Gasteiger partial charge in [-0.25, -0.2) is 0 Å². The van der Waals surface area contributed by atoms with Crippen molar-refractivity contribution in [1.29, 1.82) is 0 Å². The molecule has 2 aliphatic heterocycles. The smallest absolute Gasteiger partial charge is 0.320 e. The van der Waals surface area contributed by atoms with Crippen molar-refractivity contribution in [2.45, 2.75) is 18.9 Å². The van der Waals surface area contributed by atoms with Gasteiger partial charge in [0.1, 0.15) is 6.04 Å². The molecule has 2 rings (SSSR count). The molecule has 0 aromatic heterocycles. The van der Waals surface area contributed by atoms with E-state index >= 15 is 0 Å². The molecule has 2 heterocycles. The fourth-order valence-electron chi connectivity index (χ4n) is 2.06. The molecule has 3 nitrogen and oxygen atoms in total. The van der Waals surface area contributed by atoms with E-state index in [0.29, 0.717) is 5.92 Å². The van der Waals surface area contributed by atoms with Gasteiger partial charge in [0.05, 0.1) is 0 Å². The minimum absolute atomic E-state index is 0.154. The number of piperidine rings is 1. The standard InChI is InChI=1S/C7H11NO2/c9-7(10)6-3-5-1-2-8(6)4-5/h5-6H,1-4H2,(H,9,10)/t5-,6?/m0/s1. The number of hydrogen-bond acceptors (Lipinski definition) is 2. The lowest BCUT2D eigenvalue weighted by Crippen LogP contribution is -2.36. The predicted molar refractivity (Wildman–Crippen MR) is 35.7 cm³/mol. The first-order valence-corrected chi connectivity index (χ1v) is 3.74. The number of carboxylic acid groups (broad SMARTS) is 1. The first-order chi connectivity index (χ1) is 4.77. The Morgan fingerprint density at radius 1 is 1.60 bits per heavy atom. The topological polar surface area (TPSA) is 40.5 Å². The second-order valence-corrected chi connectivity index (χ2v) is 3.24. The van der Waals surface area contributed by atoms with Crippen molar-refractivity contribution in [3.05, 3.63) is 0 Å². The summed E-state index contributed by atoms with van der Waals surface area (Å²) in [5, 5.41) is 8.69.